The van der Waals surface area contributed by atoms with Gasteiger partial charge in [-0.25, -0.2) is 0 Å². The maximum Gasteiger partial charge on any atom is 0.314 e. The first-order valence-electron chi connectivity index (χ1n) is 10.2. The molecule has 10 heteroatoms. The van der Waals surface area contributed by atoms with Crippen molar-refractivity contribution in [1.29, 1.82) is 0 Å². The monoisotopic (exact) mass is 470 g/mol. The maximum absolute atomic E-state index is 6.62. The third kappa shape index (κ3) is 15.4. The van der Waals surface area contributed by atoms with Gasteiger partial charge >= 0.3 is 25.7 Å². The van der Waals surface area contributed by atoms with Gasteiger partial charge in [0.15, 0.2) is 16.6 Å². The van der Waals surface area contributed by atoms with Gasteiger partial charge in [-0.1, -0.05) is 0 Å². The molecule has 0 fully saturated rings. The lowest BCUT2D eigenvalue weighted by molar-refractivity contribution is 0.0788. The van der Waals surface area contributed by atoms with E-state index in [1.54, 1.807) is 0 Å². The Balaban J connectivity index is 4.76. The fourth-order valence-corrected chi connectivity index (χ4v) is 27.2. The second-order valence-electron chi connectivity index (χ2n) is 10.5. The summed E-state index contributed by atoms with van der Waals surface area (Å²) in [6, 6.07) is 1.08. The molecule has 0 N–H and O–H groups in total. The van der Waals surface area contributed by atoms with Crippen LogP contribution in [-0.4, -0.2) is 55.0 Å². The molecule has 0 aliphatic heterocycles. The quantitative estimate of drug-likeness (QED) is 0.243. The Bertz CT molecular complexity index is 447. The summed E-state index contributed by atoms with van der Waals surface area (Å²) in [6.07, 6.45) is 1.34. The lowest BCUT2D eigenvalue weighted by Gasteiger charge is -2.42. The van der Waals surface area contributed by atoms with Crippen LogP contribution >= 0.6 is 0 Å². The van der Waals surface area contributed by atoms with Gasteiger partial charge < -0.3 is 21.2 Å². The summed E-state index contributed by atoms with van der Waals surface area (Å²) in [6.45, 7) is 29.0. The molecule has 164 valence electrons. The van der Waals surface area contributed by atoms with Crippen molar-refractivity contribution in [3.8, 4) is 0 Å². The van der Waals surface area contributed by atoms with Gasteiger partial charge in [0.1, 0.15) is 0 Å². The molecule has 0 radical (unpaired) electrons. The molecule has 0 aromatic heterocycles. The molecule has 27 heavy (non-hydrogen) atoms. The van der Waals surface area contributed by atoms with E-state index in [0.29, 0.717) is 6.10 Å². The molecule has 0 heterocycles. The van der Waals surface area contributed by atoms with Gasteiger partial charge in [-0.3, -0.25) is 0 Å². The van der Waals surface area contributed by atoms with E-state index in [-0.39, 0.29) is 0 Å². The molecule has 0 aromatic rings. The largest absolute Gasteiger partial charge is 0.437 e. The molecular formula is C17H46O5Si5. The van der Waals surface area contributed by atoms with Crippen LogP contribution in [0.5, 0.6) is 0 Å². The zero-order valence-electron chi connectivity index (χ0n) is 20.2. The van der Waals surface area contributed by atoms with Gasteiger partial charge in [0.25, 0.3) is 0 Å². The highest BCUT2D eigenvalue weighted by Crippen LogP contribution is 2.27. The Morgan fingerprint density at radius 2 is 1.00 bits per heavy atom. The fourth-order valence-electron chi connectivity index (χ4n) is 3.52. The zero-order valence-corrected chi connectivity index (χ0v) is 25.2. The van der Waals surface area contributed by atoms with Crippen LogP contribution in [-0.2, 0) is 21.2 Å². The number of rotatable bonds is 13. The van der Waals surface area contributed by atoms with E-state index in [1.807, 2.05) is 0 Å². The van der Waals surface area contributed by atoms with Crippen LogP contribution in [0.4, 0.5) is 0 Å². The Morgan fingerprint density at radius 1 is 0.593 bits per heavy atom. The van der Waals surface area contributed by atoms with E-state index in [4.69, 9.17) is 21.2 Å². The van der Waals surface area contributed by atoms with Crippen LogP contribution in [0.15, 0.2) is 0 Å². The molecule has 0 aliphatic rings. The summed E-state index contributed by atoms with van der Waals surface area (Å²) < 4.78 is 31.7. The van der Waals surface area contributed by atoms with E-state index < -0.39 is 42.3 Å². The number of hydrogen-bond acceptors (Lipinski definition) is 5. The van der Waals surface area contributed by atoms with Gasteiger partial charge in [0.2, 0.25) is 0 Å². The summed E-state index contributed by atoms with van der Waals surface area (Å²) in [5.41, 5.74) is 0. The maximum atomic E-state index is 6.62. The van der Waals surface area contributed by atoms with Gasteiger partial charge in [0.05, 0.1) is 6.10 Å². The molecule has 0 bridgehead atoms. The van der Waals surface area contributed by atoms with Crippen LogP contribution in [0.1, 0.15) is 20.3 Å². The molecule has 0 saturated heterocycles. The van der Waals surface area contributed by atoms with Crippen LogP contribution < -0.4 is 0 Å². The Hall–Kier alpha value is 0.884. The number of ether oxygens (including phenoxy) is 1. The van der Waals surface area contributed by atoms with Crippen molar-refractivity contribution in [1.82, 2.24) is 0 Å². The molecule has 5 nitrogen and oxygen atoms in total. The van der Waals surface area contributed by atoms with Gasteiger partial charge in [-0.2, -0.15) is 0 Å². The van der Waals surface area contributed by atoms with Crippen molar-refractivity contribution in [3.05, 3.63) is 0 Å². The summed E-state index contributed by atoms with van der Waals surface area (Å²) in [5.74, 6) is 0. The topological polar surface area (TPSA) is 46.2 Å². The van der Waals surface area contributed by atoms with Crippen LogP contribution in [0.2, 0.25) is 78.1 Å². The number of hydrogen-bond donors (Lipinski definition) is 0. The highest BCUT2D eigenvalue weighted by atomic mass is 28.5. The molecule has 0 atom stereocenters. The van der Waals surface area contributed by atoms with Crippen LogP contribution in [0.3, 0.4) is 0 Å². The van der Waals surface area contributed by atoms with Crippen molar-refractivity contribution in [3.63, 3.8) is 0 Å². The van der Waals surface area contributed by atoms with Gasteiger partial charge in [0, 0.05) is 6.61 Å². The standard InChI is InChI=1S/C17H46O5Si5/c1-17(2)18-15-14-16-24(6,7)20-26(10,11)22-27(12,13)21-25(8,9)19-23(3,4)5/h17H,14-16H2,1-13H3. The van der Waals surface area contributed by atoms with E-state index in [0.717, 1.165) is 19.1 Å². The van der Waals surface area contributed by atoms with Crippen molar-refractivity contribution >= 4 is 42.3 Å². The zero-order chi connectivity index (χ0) is 21.7. The smallest absolute Gasteiger partial charge is 0.314 e. The average molecular weight is 471 g/mol. The second kappa shape index (κ2) is 10.3. The summed E-state index contributed by atoms with van der Waals surface area (Å²) in [5, 5.41) is 0. The first-order valence-corrected chi connectivity index (χ1v) is 25.1. The second-order valence-corrected chi connectivity index (χ2v) is 30.4. The lowest BCUT2D eigenvalue weighted by atomic mass is 10.4. The molecule has 0 rings (SSSR count). The normalized spacial score (nSPS) is 14.9. The van der Waals surface area contributed by atoms with Gasteiger partial charge in [-0.15, -0.1) is 0 Å². The average Bonchev–Trinajstić information content (AvgIpc) is 2.25. The Kier molecular flexibility index (Phi) is 10.6. The van der Waals surface area contributed by atoms with Crippen LogP contribution in [0, 0.1) is 0 Å². The SMILES string of the molecule is CC(C)OCCC[Si](C)(C)O[Si](C)(C)O[Si](C)(C)O[Si](C)(C)O[Si](C)(C)C. The predicted molar refractivity (Wildman–Crippen MR) is 128 cm³/mol. The summed E-state index contributed by atoms with van der Waals surface area (Å²) in [7, 11) is -10.3. The molecule has 0 amide bonds. The Labute approximate surface area is 174 Å². The van der Waals surface area contributed by atoms with Crippen molar-refractivity contribution in [2.45, 2.75) is 104 Å². The molecule has 0 saturated carbocycles. The fraction of sp³-hybridized carbons (Fsp3) is 1.00. The predicted octanol–water partition coefficient (Wildman–Crippen LogP) is 6.01. The first-order chi connectivity index (χ1) is 11.7. The minimum atomic E-state index is -2.33. The minimum absolute atomic E-state index is 0.291. The van der Waals surface area contributed by atoms with E-state index in [2.05, 4.69) is 85.9 Å². The van der Waals surface area contributed by atoms with Gasteiger partial charge in [-0.05, 0) is 98.3 Å². The van der Waals surface area contributed by atoms with Crippen LogP contribution in [0.25, 0.3) is 0 Å². The van der Waals surface area contributed by atoms with E-state index in [1.165, 1.54) is 0 Å². The van der Waals surface area contributed by atoms with Crippen molar-refractivity contribution < 1.29 is 21.2 Å². The van der Waals surface area contributed by atoms with E-state index in [9.17, 15) is 0 Å². The highest BCUT2D eigenvalue weighted by Gasteiger charge is 2.44. The molecule has 0 aromatic carbocycles. The summed E-state index contributed by atoms with van der Waals surface area (Å²) >= 11 is 0. The molecule has 0 unspecified atom stereocenters. The van der Waals surface area contributed by atoms with E-state index >= 15 is 0 Å². The van der Waals surface area contributed by atoms with Crippen molar-refractivity contribution in [2.24, 2.45) is 0 Å². The Morgan fingerprint density at radius 3 is 1.41 bits per heavy atom. The minimum Gasteiger partial charge on any atom is -0.437 e. The third-order valence-corrected chi connectivity index (χ3v) is 21.4. The summed E-state index contributed by atoms with van der Waals surface area (Å²) in [4.78, 5) is 0. The first kappa shape index (κ1) is 27.9. The molecule has 0 aliphatic carbocycles. The molecular weight excluding hydrogens is 425 g/mol. The lowest BCUT2D eigenvalue weighted by Crippen LogP contribution is -2.58. The third-order valence-electron chi connectivity index (χ3n) is 3.43. The van der Waals surface area contributed by atoms with Crippen molar-refractivity contribution in [2.75, 3.05) is 6.61 Å². The highest BCUT2D eigenvalue weighted by molar-refractivity contribution is 6.90. The molecule has 0 spiro atoms.